The first kappa shape index (κ1) is 14.5. The molecule has 9 rings (SSSR count). The topological polar surface area (TPSA) is 13.1 Å². The molecule has 200 valence electrons. The highest BCUT2D eigenvalue weighted by molar-refractivity contribution is 6.24. The molecule has 0 aliphatic heterocycles. The van der Waals surface area contributed by atoms with Crippen molar-refractivity contribution in [2.24, 2.45) is 0 Å². The summed E-state index contributed by atoms with van der Waals surface area (Å²) >= 11 is 0. The molecule has 0 amide bonds. The number of benzene rings is 8. The number of hydrogen-bond acceptors (Lipinski definition) is 1. The number of furan rings is 1. The Hall–Kier alpha value is -5.66. The molecule has 1 aromatic heterocycles. The second-order valence-electron chi connectivity index (χ2n) is 10.2. The van der Waals surface area contributed by atoms with Crippen LogP contribution in [0.5, 0.6) is 0 Å². The Morgan fingerprint density at radius 3 is 1.81 bits per heavy atom. The minimum absolute atomic E-state index is 0.0336. The lowest BCUT2D eigenvalue weighted by atomic mass is 9.84. The quantitative estimate of drug-likeness (QED) is 0.196. The molecular formula is C42H26O. The molecule has 0 N–H and O–H groups in total. The van der Waals surface area contributed by atoms with E-state index >= 15 is 0 Å². The van der Waals surface area contributed by atoms with Crippen LogP contribution in [0.15, 0.2) is 162 Å². The maximum absolute atomic E-state index is 9.83. The van der Waals surface area contributed by atoms with Crippen molar-refractivity contribution in [1.29, 1.82) is 0 Å². The van der Waals surface area contributed by atoms with E-state index in [1.54, 1.807) is 78.9 Å². The normalized spacial score (nSPS) is 16.0. The van der Waals surface area contributed by atoms with Crippen molar-refractivity contribution in [2.75, 3.05) is 0 Å². The van der Waals surface area contributed by atoms with Crippen LogP contribution < -0.4 is 0 Å². The predicted molar refractivity (Wildman–Crippen MR) is 183 cm³/mol. The second kappa shape index (κ2) is 9.44. The average molecular weight is 560 g/mol. The van der Waals surface area contributed by atoms with Crippen molar-refractivity contribution < 1.29 is 22.2 Å². The van der Waals surface area contributed by atoms with Gasteiger partial charge < -0.3 is 4.42 Å². The van der Waals surface area contributed by atoms with E-state index in [2.05, 4.69) is 0 Å². The molecule has 0 fully saturated rings. The zero-order valence-electron chi connectivity index (χ0n) is 35.4. The fourth-order valence-electron chi connectivity index (χ4n) is 6.07. The summed E-state index contributed by atoms with van der Waals surface area (Å²) in [7, 11) is 0. The summed E-state index contributed by atoms with van der Waals surface area (Å²) in [5, 5.41) is 1.94. The van der Waals surface area contributed by atoms with Gasteiger partial charge in [0.25, 0.3) is 0 Å². The standard InChI is InChI=1S/C42H26O/c1-2-12-28(13-3-1)31-21-11-23-39-42(31)37-26-29(24-25-38(37)43-39)40-33-17-6-8-19-35(33)41(36-20-9-7-18-34(36)40)32-22-10-15-27-14-4-5-16-30(27)32/h1-26H/i4D,5D,10D,11D,14D,15D,16D,21D,22D,23D,24D,25D,26D. The largest absolute Gasteiger partial charge is 0.456 e. The summed E-state index contributed by atoms with van der Waals surface area (Å²) in [6, 6.07) is 17.4. The fraction of sp³-hybridized carbons (Fsp3) is 0. The number of hydrogen-bond donors (Lipinski definition) is 0. The highest BCUT2D eigenvalue weighted by Gasteiger charge is 2.19. The van der Waals surface area contributed by atoms with Gasteiger partial charge in [-0.1, -0.05) is 139 Å². The Morgan fingerprint density at radius 1 is 0.419 bits per heavy atom. The van der Waals surface area contributed by atoms with Gasteiger partial charge in [-0.2, -0.15) is 0 Å². The van der Waals surface area contributed by atoms with Crippen LogP contribution >= 0.6 is 0 Å². The molecular weight excluding hydrogens is 520 g/mol. The fourth-order valence-corrected chi connectivity index (χ4v) is 6.07. The van der Waals surface area contributed by atoms with Crippen LogP contribution in [0.2, 0.25) is 0 Å². The van der Waals surface area contributed by atoms with E-state index in [0.717, 1.165) is 0 Å². The van der Waals surface area contributed by atoms with E-state index in [4.69, 9.17) is 16.8 Å². The molecule has 8 aromatic carbocycles. The zero-order chi connectivity index (χ0) is 39.6. The van der Waals surface area contributed by atoms with Crippen LogP contribution in [0.4, 0.5) is 0 Å². The molecule has 0 atom stereocenters. The molecule has 0 saturated carbocycles. The van der Waals surface area contributed by atoms with Gasteiger partial charge in [-0.3, -0.25) is 0 Å². The Balaban J connectivity index is 1.50. The van der Waals surface area contributed by atoms with Crippen LogP contribution in [-0.2, 0) is 0 Å². The Kier molecular flexibility index (Phi) is 3.18. The van der Waals surface area contributed by atoms with Crippen LogP contribution in [-0.4, -0.2) is 0 Å². The van der Waals surface area contributed by atoms with E-state index < -0.39 is 42.3 Å². The highest BCUT2D eigenvalue weighted by atomic mass is 16.3. The highest BCUT2D eigenvalue weighted by Crippen LogP contribution is 2.46. The molecule has 0 unspecified atom stereocenters. The summed E-state index contributed by atoms with van der Waals surface area (Å²) < 4.78 is 122. The molecule has 0 radical (unpaired) electrons. The minimum Gasteiger partial charge on any atom is -0.456 e. The van der Waals surface area contributed by atoms with Crippen molar-refractivity contribution in [3.8, 4) is 33.4 Å². The Labute approximate surface area is 267 Å². The maximum Gasteiger partial charge on any atom is 0.136 e. The third-order valence-corrected chi connectivity index (χ3v) is 7.88. The van der Waals surface area contributed by atoms with Gasteiger partial charge in [0.05, 0.1) is 17.8 Å². The first-order valence-corrected chi connectivity index (χ1v) is 13.7. The van der Waals surface area contributed by atoms with Crippen molar-refractivity contribution >= 4 is 54.3 Å². The van der Waals surface area contributed by atoms with Gasteiger partial charge in [0.15, 0.2) is 0 Å². The van der Waals surface area contributed by atoms with Crippen molar-refractivity contribution in [2.45, 2.75) is 0 Å². The molecule has 1 heterocycles. The van der Waals surface area contributed by atoms with Gasteiger partial charge in [0.1, 0.15) is 11.2 Å². The van der Waals surface area contributed by atoms with Gasteiger partial charge in [0.2, 0.25) is 0 Å². The van der Waals surface area contributed by atoms with Crippen molar-refractivity contribution in [3.05, 3.63) is 157 Å². The van der Waals surface area contributed by atoms with Crippen molar-refractivity contribution in [1.82, 2.24) is 0 Å². The van der Waals surface area contributed by atoms with Gasteiger partial charge in [-0.25, -0.2) is 0 Å². The average Bonchev–Trinajstić information content (AvgIpc) is 3.61. The molecule has 1 heteroatoms. The smallest absolute Gasteiger partial charge is 0.136 e. The summed E-state index contributed by atoms with van der Waals surface area (Å²) in [6.07, 6.45) is 0. The number of rotatable bonds is 3. The molecule has 0 bridgehead atoms. The monoisotopic (exact) mass is 559 g/mol. The lowest BCUT2D eigenvalue weighted by molar-refractivity contribution is 0.669. The predicted octanol–water partition coefficient (Wildman–Crippen LogP) is 12.0. The van der Waals surface area contributed by atoms with E-state index in [-0.39, 0.29) is 85.7 Å². The lowest BCUT2D eigenvalue weighted by Crippen LogP contribution is -1.91. The van der Waals surface area contributed by atoms with Crippen LogP contribution in [0.1, 0.15) is 17.8 Å². The van der Waals surface area contributed by atoms with Crippen LogP contribution in [0.3, 0.4) is 0 Å². The summed E-state index contributed by atoms with van der Waals surface area (Å²) in [4.78, 5) is 0. The number of fused-ring (bicyclic) bond motifs is 6. The molecule has 9 aromatic rings. The molecule has 0 aliphatic rings. The van der Waals surface area contributed by atoms with Gasteiger partial charge in [-0.05, 0) is 83.8 Å². The SMILES string of the molecule is [2H]c1c(-c2c3ccccc3c(-c3c([2H])c([2H])c([2H])c4c([2H])c([2H])c([2H])c([2H])c34)c3ccccc23)c([2H])c2c(oc3c([2H])c([2H])c([2H])c(-c4ccccc4)c32)c1[2H]. The third kappa shape index (κ3) is 3.65. The van der Waals surface area contributed by atoms with E-state index in [1.165, 1.54) is 0 Å². The van der Waals surface area contributed by atoms with Crippen LogP contribution in [0.25, 0.3) is 87.6 Å². The molecule has 0 spiro atoms. The summed E-state index contributed by atoms with van der Waals surface area (Å²) in [5.41, 5.74) is 1.43. The second-order valence-corrected chi connectivity index (χ2v) is 10.2. The molecule has 0 aliphatic carbocycles. The third-order valence-electron chi connectivity index (χ3n) is 7.88. The van der Waals surface area contributed by atoms with Gasteiger partial charge in [-0.15, -0.1) is 0 Å². The lowest BCUT2D eigenvalue weighted by Gasteiger charge is -2.18. The van der Waals surface area contributed by atoms with E-state index in [1.807, 2.05) is 0 Å². The zero-order valence-corrected chi connectivity index (χ0v) is 22.4. The minimum atomic E-state index is -0.562. The van der Waals surface area contributed by atoms with Gasteiger partial charge >= 0.3 is 0 Å². The first-order valence-electron chi connectivity index (χ1n) is 20.2. The van der Waals surface area contributed by atoms with E-state index in [0.29, 0.717) is 38.2 Å². The summed E-state index contributed by atoms with van der Waals surface area (Å²) in [6.45, 7) is 0. The Morgan fingerprint density at radius 2 is 1.05 bits per heavy atom. The van der Waals surface area contributed by atoms with Crippen molar-refractivity contribution in [3.63, 3.8) is 0 Å². The molecule has 0 saturated heterocycles. The Bertz CT molecular complexity index is 3160. The summed E-state index contributed by atoms with van der Waals surface area (Å²) in [5.74, 6) is 0. The molecule has 1 nitrogen and oxygen atoms in total. The van der Waals surface area contributed by atoms with Gasteiger partial charge in [0, 0.05) is 10.8 Å². The molecule has 43 heavy (non-hydrogen) atoms. The first-order chi connectivity index (χ1) is 26.8. The van der Waals surface area contributed by atoms with Crippen LogP contribution in [0, 0.1) is 0 Å². The maximum atomic E-state index is 9.83. The van der Waals surface area contributed by atoms with E-state index in [9.17, 15) is 5.48 Å².